The first-order chi connectivity index (χ1) is 18.2. The zero-order valence-corrected chi connectivity index (χ0v) is 23.6. The number of esters is 1. The Morgan fingerprint density at radius 1 is 1.08 bits per heavy atom. The van der Waals surface area contributed by atoms with Crippen molar-refractivity contribution in [3.05, 3.63) is 75.2 Å². The van der Waals surface area contributed by atoms with E-state index in [1.54, 1.807) is 29.5 Å². The first-order valence-electron chi connectivity index (χ1n) is 13.5. The van der Waals surface area contributed by atoms with Crippen LogP contribution in [0.25, 0.3) is 0 Å². The molecule has 2 N–H and O–H groups in total. The number of carbonyl (C=O) groups is 2. The summed E-state index contributed by atoms with van der Waals surface area (Å²) in [6, 6.07) is 12.7. The number of nitrogens with one attached hydrogen (secondary N) is 2. The van der Waals surface area contributed by atoms with E-state index in [0.29, 0.717) is 35.0 Å². The van der Waals surface area contributed by atoms with Crippen LogP contribution in [0.15, 0.2) is 42.5 Å². The zero-order valence-electron chi connectivity index (χ0n) is 22.8. The van der Waals surface area contributed by atoms with Crippen molar-refractivity contribution in [3.63, 3.8) is 0 Å². The topological polar surface area (TPSA) is 76.7 Å². The third-order valence-electron chi connectivity index (χ3n) is 8.15. The molecular weight excluding hydrogens is 496 g/mol. The lowest BCUT2D eigenvalue weighted by Gasteiger charge is -2.36. The highest BCUT2D eigenvalue weighted by Crippen LogP contribution is 2.47. The van der Waals surface area contributed by atoms with Gasteiger partial charge in [0.1, 0.15) is 11.2 Å². The minimum Gasteiger partial charge on any atom is -0.490 e. The van der Waals surface area contributed by atoms with Crippen molar-refractivity contribution in [2.45, 2.75) is 66.5 Å². The van der Waals surface area contributed by atoms with Gasteiger partial charge in [0.15, 0.2) is 11.5 Å². The van der Waals surface area contributed by atoms with Gasteiger partial charge in [0.25, 0.3) is 5.91 Å². The second-order valence-electron chi connectivity index (χ2n) is 10.9. The minimum absolute atomic E-state index is 0.0395. The zero-order chi connectivity index (χ0) is 27.0. The number of carbonyl (C=O) groups excluding carboxylic acids is 2. The fourth-order valence-electron chi connectivity index (χ4n) is 5.33. The van der Waals surface area contributed by atoms with Crippen LogP contribution in [0.5, 0.6) is 11.5 Å². The average Bonchev–Trinajstić information content (AvgIpc) is 3.28. The highest BCUT2D eigenvalue weighted by Gasteiger charge is 2.37. The monoisotopic (exact) mass is 532 g/mol. The fourth-order valence-corrected chi connectivity index (χ4v) is 6.68. The fraction of sp³-hybridized carbons (Fsp3) is 0.419. The van der Waals surface area contributed by atoms with Gasteiger partial charge in [-0.2, -0.15) is 0 Å². The van der Waals surface area contributed by atoms with E-state index in [1.807, 2.05) is 38.1 Å². The van der Waals surface area contributed by atoms with Gasteiger partial charge in [0, 0.05) is 4.88 Å². The molecule has 0 radical (unpaired) electrons. The predicted octanol–water partition coefficient (Wildman–Crippen LogP) is 7.07. The van der Waals surface area contributed by atoms with E-state index in [1.165, 1.54) is 10.4 Å². The number of anilines is 1. The first kappa shape index (κ1) is 26.3. The number of thiophene rings is 1. The minimum atomic E-state index is -0.443. The number of hydrogen-bond acceptors (Lipinski definition) is 6. The molecule has 7 heteroatoms. The van der Waals surface area contributed by atoms with Crippen LogP contribution in [-0.2, 0) is 12.8 Å². The molecule has 2 atom stereocenters. The van der Waals surface area contributed by atoms with Crippen molar-refractivity contribution in [3.8, 4) is 11.5 Å². The summed E-state index contributed by atoms with van der Waals surface area (Å²) in [5.74, 6) is 0.953. The van der Waals surface area contributed by atoms with Crippen LogP contribution >= 0.6 is 11.3 Å². The molecule has 1 aliphatic carbocycles. The van der Waals surface area contributed by atoms with Gasteiger partial charge in [-0.3, -0.25) is 4.79 Å². The van der Waals surface area contributed by atoms with Crippen LogP contribution in [0.3, 0.4) is 0 Å². The van der Waals surface area contributed by atoms with Gasteiger partial charge >= 0.3 is 5.97 Å². The summed E-state index contributed by atoms with van der Waals surface area (Å²) in [5.41, 5.74) is 4.69. The van der Waals surface area contributed by atoms with E-state index in [0.717, 1.165) is 47.4 Å². The quantitative estimate of drug-likeness (QED) is 0.251. The maximum atomic E-state index is 13.3. The Balaban J connectivity index is 1.37. The molecular formula is C31H36N2O4S. The molecule has 1 aliphatic heterocycles. The summed E-state index contributed by atoms with van der Waals surface area (Å²) in [4.78, 5) is 27.3. The molecule has 38 heavy (non-hydrogen) atoms. The lowest BCUT2D eigenvalue weighted by molar-refractivity contribution is 0.0728. The molecule has 2 aromatic carbocycles. The van der Waals surface area contributed by atoms with Crippen LogP contribution in [0.1, 0.15) is 89.0 Å². The molecule has 0 bridgehead atoms. The summed E-state index contributed by atoms with van der Waals surface area (Å²) >= 11 is 1.72. The number of amides is 1. The van der Waals surface area contributed by atoms with Crippen molar-refractivity contribution in [1.82, 2.24) is 5.32 Å². The molecule has 2 heterocycles. The maximum absolute atomic E-state index is 13.3. The summed E-state index contributed by atoms with van der Waals surface area (Å²) in [6.07, 6.45) is 3.85. The molecule has 2 aliphatic rings. The lowest BCUT2D eigenvalue weighted by Crippen LogP contribution is -2.38. The molecule has 0 fully saturated rings. The molecule has 6 nitrogen and oxygen atoms in total. The predicted molar refractivity (Wildman–Crippen MR) is 151 cm³/mol. The summed E-state index contributed by atoms with van der Waals surface area (Å²) in [6.45, 7) is 11.2. The average molecular weight is 533 g/mol. The highest BCUT2D eigenvalue weighted by molar-refractivity contribution is 7.16. The Bertz CT molecular complexity index is 1360. The number of benzene rings is 2. The number of ether oxygens (including phenoxy) is 2. The molecule has 0 spiro atoms. The third kappa shape index (κ3) is 5.04. The van der Waals surface area contributed by atoms with Gasteiger partial charge in [0.05, 0.1) is 17.7 Å². The van der Waals surface area contributed by atoms with E-state index in [2.05, 4.69) is 31.4 Å². The Hall–Kier alpha value is -3.32. The van der Waals surface area contributed by atoms with Gasteiger partial charge in [-0.25, -0.2) is 4.79 Å². The molecule has 3 aromatic rings. The van der Waals surface area contributed by atoms with Gasteiger partial charge < -0.3 is 20.1 Å². The highest BCUT2D eigenvalue weighted by atomic mass is 32.1. The van der Waals surface area contributed by atoms with E-state index in [-0.39, 0.29) is 5.91 Å². The van der Waals surface area contributed by atoms with Gasteiger partial charge in [-0.05, 0) is 79.8 Å². The number of fused-ring (bicyclic) bond motifs is 3. The lowest BCUT2D eigenvalue weighted by atomic mass is 9.69. The summed E-state index contributed by atoms with van der Waals surface area (Å²) in [7, 11) is 0. The Morgan fingerprint density at radius 2 is 1.84 bits per heavy atom. The van der Waals surface area contributed by atoms with Gasteiger partial charge in [0.2, 0.25) is 0 Å². The number of aryl methyl sites for hydroxylation is 1. The van der Waals surface area contributed by atoms with Crippen molar-refractivity contribution >= 4 is 28.2 Å². The second kappa shape index (κ2) is 10.4. The van der Waals surface area contributed by atoms with Crippen LogP contribution in [0, 0.1) is 18.3 Å². The molecule has 0 saturated heterocycles. The number of rotatable bonds is 7. The van der Waals surface area contributed by atoms with Gasteiger partial charge in [-0.1, -0.05) is 51.0 Å². The van der Waals surface area contributed by atoms with E-state index < -0.39 is 12.1 Å². The largest absolute Gasteiger partial charge is 0.490 e. The van der Waals surface area contributed by atoms with Crippen LogP contribution < -0.4 is 20.1 Å². The Kier molecular flexibility index (Phi) is 7.23. The molecule has 1 aromatic heterocycles. The van der Waals surface area contributed by atoms with Crippen molar-refractivity contribution < 1.29 is 19.1 Å². The third-order valence-corrected chi connectivity index (χ3v) is 9.34. The van der Waals surface area contributed by atoms with Crippen molar-refractivity contribution in [2.75, 3.05) is 11.9 Å². The van der Waals surface area contributed by atoms with E-state index >= 15 is 0 Å². The molecule has 0 saturated carbocycles. The molecule has 1 amide bonds. The van der Waals surface area contributed by atoms with Gasteiger partial charge in [-0.15, -0.1) is 11.3 Å². The summed E-state index contributed by atoms with van der Waals surface area (Å²) in [5, 5.41) is 7.62. The normalized spacial score (nSPS) is 18.6. The van der Waals surface area contributed by atoms with Crippen LogP contribution in [0.2, 0.25) is 0 Å². The molecule has 200 valence electrons. The smallest absolute Gasteiger partial charge is 0.343 e. The number of hydrogen-bond donors (Lipinski definition) is 2. The van der Waals surface area contributed by atoms with Crippen LogP contribution in [-0.4, -0.2) is 18.5 Å². The summed E-state index contributed by atoms with van der Waals surface area (Å²) < 4.78 is 11.5. The van der Waals surface area contributed by atoms with Crippen molar-refractivity contribution in [1.29, 1.82) is 0 Å². The first-order valence-corrected chi connectivity index (χ1v) is 14.3. The molecule has 2 unspecified atom stereocenters. The maximum Gasteiger partial charge on any atom is 0.343 e. The molecule has 5 rings (SSSR count). The second-order valence-corrected chi connectivity index (χ2v) is 12.0. The van der Waals surface area contributed by atoms with Crippen LogP contribution in [0.4, 0.5) is 5.00 Å². The Morgan fingerprint density at radius 3 is 2.55 bits per heavy atom. The Labute approximate surface area is 228 Å². The van der Waals surface area contributed by atoms with E-state index in [4.69, 9.17) is 9.47 Å². The van der Waals surface area contributed by atoms with E-state index in [9.17, 15) is 9.59 Å². The standard InChI is InChI=1S/C31H36N2O4S/c1-6-31(4,5)21-13-14-22-25(17-21)38-29-26(22)28(34)32-27(33-29)20-12-15-23(24(16-20)36-7-2)37-30(35)19-10-8-18(3)9-11-19/h8-12,15-16,21,27,33H,6-7,13-14,17H2,1-5H3,(H,32,34). The van der Waals surface area contributed by atoms with Crippen molar-refractivity contribution in [2.24, 2.45) is 11.3 Å². The SMILES string of the molecule is CCOc1cc(C2NC(=O)c3c(sc4c3CCC(C(C)(C)CC)C4)N2)ccc1OC(=O)c1ccc(C)cc1.